The molecule has 20 heavy (non-hydrogen) atoms. The van der Waals surface area contributed by atoms with Crippen molar-refractivity contribution in [3.8, 4) is 5.75 Å². The summed E-state index contributed by atoms with van der Waals surface area (Å²) in [5.74, 6) is 2.13. The van der Waals surface area contributed by atoms with Gasteiger partial charge in [-0.2, -0.15) is 0 Å². The maximum absolute atomic E-state index is 8.65. The molecule has 0 radical (unpaired) electrons. The molecule has 0 bridgehead atoms. The number of oxime groups is 1. The summed E-state index contributed by atoms with van der Waals surface area (Å²) < 4.78 is 6.00. The van der Waals surface area contributed by atoms with E-state index in [1.165, 1.54) is 6.42 Å². The largest absolute Gasteiger partial charge is 0.489 e. The van der Waals surface area contributed by atoms with Crippen LogP contribution >= 0.6 is 11.6 Å². The monoisotopic (exact) mass is 296 g/mol. The number of hydrogen-bond donors (Lipinski definition) is 2. The minimum absolute atomic E-state index is 0.0403. The SMILES string of the molecule is CC1CCC(Oc2ccc(C(N)=NO)cc2Cl)CC1C. The van der Waals surface area contributed by atoms with Gasteiger partial charge in [-0.3, -0.25) is 0 Å². The van der Waals surface area contributed by atoms with Gasteiger partial charge in [0.05, 0.1) is 11.1 Å². The molecule has 1 saturated carbocycles. The molecule has 3 unspecified atom stereocenters. The third kappa shape index (κ3) is 3.37. The Kier molecular flexibility index (Phi) is 4.76. The summed E-state index contributed by atoms with van der Waals surface area (Å²) in [5, 5.41) is 12.1. The molecule has 3 atom stereocenters. The normalized spacial score (nSPS) is 27.4. The Bertz CT molecular complexity index is 505. The lowest BCUT2D eigenvalue weighted by Crippen LogP contribution is -2.28. The Balaban J connectivity index is 2.07. The number of nitrogens with zero attached hydrogens (tertiary/aromatic N) is 1. The Labute approximate surface area is 124 Å². The Morgan fingerprint density at radius 1 is 1.35 bits per heavy atom. The number of hydrogen-bond acceptors (Lipinski definition) is 3. The van der Waals surface area contributed by atoms with Crippen LogP contribution < -0.4 is 10.5 Å². The minimum atomic E-state index is 0.0403. The van der Waals surface area contributed by atoms with Crippen LogP contribution in [-0.2, 0) is 0 Å². The van der Waals surface area contributed by atoms with E-state index in [1.54, 1.807) is 18.2 Å². The van der Waals surface area contributed by atoms with Crippen LogP contribution in [0.1, 0.15) is 38.7 Å². The first-order valence-corrected chi connectivity index (χ1v) is 7.33. The first-order chi connectivity index (χ1) is 9.51. The van der Waals surface area contributed by atoms with Gasteiger partial charge >= 0.3 is 0 Å². The fourth-order valence-corrected chi connectivity index (χ4v) is 2.82. The first-order valence-electron chi connectivity index (χ1n) is 6.95. The molecule has 4 nitrogen and oxygen atoms in total. The Morgan fingerprint density at radius 3 is 2.70 bits per heavy atom. The predicted molar refractivity (Wildman–Crippen MR) is 80.6 cm³/mol. The van der Waals surface area contributed by atoms with Crippen LogP contribution in [0.15, 0.2) is 23.4 Å². The van der Waals surface area contributed by atoms with Crippen LogP contribution in [0.5, 0.6) is 5.75 Å². The Morgan fingerprint density at radius 2 is 2.10 bits per heavy atom. The number of benzene rings is 1. The summed E-state index contributed by atoms with van der Waals surface area (Å²) in [7, 11) is 0. The maximum atomic E-state index is 8.65. The molecule has 110 valence electrons. The van der Waals surface area contributed by atoms with E-state index in [-0.39, 0.29) is 11.9 Å². The zero-order valence-electron chi connectivity index (χ0n) is 11.8. The quantitative estimate of drug-likeness (QED) is 0.387. The van der Waals surface area contributed by atoms with Gasteiger partial charge in [0.2, 0.25) is 0 Å². The lowest BCUT2D eigenvalue weighted by Gasteiger charge is -2.32. The number of nitrogens with two attached hydrogens (primary N) is 1. The summed E-state index contributed by atoms with van der Waals surface area (Å²) >= 11 is 6.20. The molecule has 0 heterocycles. The van der Waals surface area contributed by atoms with Crippen molar-refractivity contribution in [3.63, 3.8) is 0 Å². The van der Waals surface area contributed by atoms with Crippen molar-refractivity contribution in [2.24, 2.45) is 22.7 Å². The molecule has 1 fully saturated rings. The van der Waals surface area contributed by atoms with Gasteiger partial charge in [-0.1, -0.05) is 30.6 Å². The van der Waals surface area contributed by atoms with Gasteiger partial charge in [-0.15, -0.1) is 0 Å². The summed E-state index contributed by atoms with van der Waals surface area (Å²) in [6.45, 7) is 4.56. The van der Waals surface area contributed by atoms with Gasteiger partial charge in [-0.25, -0.2) is 0 Å². The fourth-order valence-electron chi connectivity index (χ4n) is 2.60. The van der Waals surface area contributed by atoms with Crippen LogP contribution in [0.25, 0.3) is 0 Å². The number of amidine groups is 1. The first kappa shape index (κ1) is 15.0. The highest BCUT2D eigenvalue weighted by atomic mass is 35.5. The van der Waals surface area contributed by atoms with Crippen LogP contribution in [0.3, 0.4) is 0 Å². The molecular weight excluding hydrogens is 276 g/mol. The van der Waals surface area contributed by atoms with Crippen molar-refractivity contribution in [1.29, 1.82) is 0 Å². The van der Waals surface area contributed by atoms with E-state index >= 15 is 0 Å². The predicted octanol–water partition coefficient (Wildman–Crippen LogP) is 3.64. The van der Waals surface area contributed by atoms with E-state index in [4.69, 9.17) is 27.3 Å². The van der Waals surface area contributed by atoms with Gasteiger partial charge < -0.3 is 15.7 Å². The molecule has 0 amide bonds. The molecule has 1 aromatic carbocycles. The molecule has 1 aliphatic rings. The second kappa shape index (κ2) is 6.35. The van der Waals surface area contributed by atoms with Crippen LogP contribution in [0.4, 0.5) is 0 Å². The van der Waals surface area contributed by atoms with Crippen molar-refractivity contribution in [2.45, 2.75) is 39.2 Å². The van der Waals surface area contributed by atoms with Crippen molar-refractivity contribution in [3.05, 3.63) is 28.8 Å². The van der Waals surface area contributed by atoms with Gasteiger partial charge in [0.15, 0.2) is 5.84 Å². The zero-order valence-corrected chi connectivity index (χ0v) is 12.6. The lowest BCUT2D eigenvalue weighted by molar-refractivity contribution is 0.101. The highest BCUT2D eigenvalue weighted by molar-refractivity contribution is 6.32. The number of ether oxygens (including phenoxy) is 1. The maximum Gasteiger partial charge on any atom is 0.170 e. The van der Waals surface area contributed by atoms with Crippen molar-refractivity contribution >= 4 is 17.4 Å². The van der Waals surface area contributed by atoms with Crippen LogP contribution in [0.2, 0.25) is 5.02 Å². The Hall–Kier alpha value is -1.42. The second-order valence-corrected chi connectivity index (χ2v) is 6.05. The third-order valence-electron chi connectivity index (χ3n) is 4.18. The van der Waals surface area contributed by atoms with E-state index in [0.29, 0.717) is 22.3 Å². The number of rotatable bonds is 3. The van der Waals surface area contributed by atoms with Crippen molar-refractivity contribution in [1.82, 2.24) is 0 Å². The molecule has 0 saturated heterocycles. The molecule has 1 aliphatic carbocycles. The number of halogens is 1. The zero-order chi connectivity index (χ0) is 14.7. The molecule has 1 aromatic rings. The van der Waals surface area contributed by atoms with Gasteiger partial charge in [0.25, 0.3) is 0 Å². The van der Waals surface area contributed by atoms with Gasteiger partial charge in [0.1, 0.15) is 5.75 Å². The fraction of sp³-hybridized carbons (Fsp3) is 0.533. The molecule has 5 heteroatoms. The van der Waals surface area contributed by atoms with Crippen LogP contribution in [0, 0.1) is 11.8 Å². The molecule has 0 aromatic heterocycles. The average Bonchev–Trinajstić information content (AvgIpc) is 2.44. The summed E-state index contributed by atoms with van der Waals surface area (Å²) in [6.07, 6.45) is 3.52. The molecule has 3 N–H and O–H groups in total. The van der Waals surface area contributed by atoms with E-state index in [9.17, 15) is 0 Å². The van der Waals surface area contributed by atoms with Gasteiger partial charge in [0, 0.05) is 5.56 Å². The highest BCUT2D eigenvalue weighted by Gasteiger charge is 2.26. The summed E-state index contributed by atoms with van der Waals surface area (Å²) in [4.78, 5) is 0. The lowest BCUT2D eigenvalue weighted by atomic mass is 9.80. The standard InChI is InChI=1S/C15H21ClN2O2/c1-9-3-5-12(7-10(9)2)20-14-6-4-11(8-13(14)16)15(17)18-19/h4,6,8-10,12,19H,3,5,7H2,1-2H3,(H2,17,18). The van der Waals surface area contributed by atoms with Crippen LogP contribution in [-0.4, -0.2) is 17.1 Å². The smallest absolute Gasteiger partial charge is 0.170 e. The molecule has 0 spiro atoms. The van der Waals surface area contributed by atoms with E-state index in [0.717, 1.165) is 18.8 Å². The average molecular weight is 297 g/mol. The van der Waals surface area contributed by atoms with E-state index < -0.39 is 0 Å². The van der Waals surface area contributed by atoms with Gasteiger partial charge in [-0.05, 0) is 49.3 Å². The summed E-state index contributed by atoms with van der Waals surface area (Å²) in [6, 6.07) is 5.17. The molecule has 0 aliphatic heterocycles. The minimum Gasteiger partial charge on any atom is -0.489 e. The summed E-state index contributed by atoms with van der Waals surface area (Å²) in [5.41, 5.74) is 6.11. The highest BCUT2D eigenvalue weighted by Crippen LogP contribution is 2.34. The van der Waals surface area contributed by atoms with E-state index in [2.05, 4.69) is 19.0 Å². The van der Waals surface area contributed by atoms with E-state index in [1.807, 2.05) is 0 Å². The third-order valence-corrected chi connectivity index (χ3v) is 4.47. The second-order valence-electron chi connectivity index (χ2n) is 5.64. The molecular formula is C15H21ClN2O2. The topological polar surface area (TPSA) is 67.8 Å². The van der Waals surface area contributed by atoms with Crippen molar-refractivity contribution < 1.29 is 9.94 Å². The van der Waals surface area contributed by atoms with Crippen molar-refractivity contribution in [2.75, 3.05) is 0 Å². The molecule has 2 rings (SSSR count).